The van der Waals surface area contributed by atoms with Crippen molar-refractivity contribution in [2.75, 3.05) is 13.1 Å². The molecule has 6 nitrogen and oxygen atoms in total. The Morgan fingerprint density at radius 2 is 2.04 bits per heavy atom. The van der Waals surface area contributed by atoms with Gasteiger partial charge in [0.1, 0.15) is 0 Å². The number of carbonyl (C=O) groups excluding carboxylic acids is 1. The van der Waals surface area contributed by atoms with Gasteiger partial charge in [0.25, 0.3) is 11.6 Å². The van der Waals surface area contributed by atoms with Crippen LogP contribution in [0.5, 0.6) is 0 Å². The molecule has 0 saturated carbocycles. The zero-order valence-corrected chi connectivity index (χ0v) is 14.8. The first kappa shape index (κ1) is 18.1. The first-order valence-electron chi connectivity index (χ1n) is 8.84. The van der Waals surface area contributed by atoms with Crippen molar-refractivity contribution >= 4 is 11.6 Å². The van der Waals surface area contributed by atoms with Gasteiger partial charge >= 0.3 is 0 Å². The van der Waals surface area contributed by atoms with Crippen LogP contribution in [0.25, 0.3) is 0 Å². The third-order valence-electron chi connectivity index (χ3n) is 4.94. The number of hydrogen-bond acceptors (Lipinski definition) is 4. The molecule has 2 aromatic rings. The van der Waals surface area contributed by atoms with Crippen molar-refractivity contribution in [3.05, 3.63) is 75.8 Å². The van der Waals surface area contributed by atoms with Crippen LogP contribution in [0.2, 0.25) is 0 Å². The summed E-state index contributed by atoms with van der Waals surface area (Å²) in [7, 11) is 0. The van der Waals surface area contributed by atoms with Gasteiger partial charge in [-0.15, -0.1) is 0 Å². The molecule has 2 atom stereocenters. The Morgan fingerprint density at radius 1 is 1.27 bits per heavy atom. The lowest BCUT2D eigenvalue weighted by Crippen LogP contribution is -2.39. The van der Waals surface area contributed by atoms with Crippen molar-refractivity contribution in [3.63, 3.8) is 0 Å². The maximum absolute atomic E-state index is 12.4. The number of nitro groups is 1. The molecular formula is C20H23N3O3. The molecule has 1 aliphatic heterocycles. The molecule has 1 N–H and O–H groups in total. The third kappa shape index (κ3) is 4.46. The van der Waals surface area contributed by atoms with Crippen molar-refractivity contribution in [2.24, 2.45) is 5.92 Å². The standard InChI is InChI=1S/C20H23N3O3/c1-15(21-20(24)17-8-5-9-19(12-17)23(25)26)18-10-11-22(14-18)13-16-6-3-2-4-7-16/h2-9,12,15,18H,10-11,13-14H2,1H3,(H,21,24)/t15-,18+/m1/s1. The van der Waals surface area contributed by atoms with Crippen LogP contribution in [0, 0.1) is 16.0 Å². The van der Waals surface area contributed by atoms with Gasteiger partial charge in [-0.1, -0.05) is 36.4 Å². The summed E-state index contributed by atoms with van der Waals surface area (Å²) < 4.78 is 0. The Hall–Kier alpha value is -2.73. The molecule has 0 spiro atoms. The van der Waals surface area contributed by atoms with Crippen molar-refractivity contribution in [1.82, 2.24) is 10.2 Å². The molecule has 0 bridgehead atoms. The van der Waals surface area contributed by atoms with E-state index in [4.69, 9.17) is 0 Å². The summed E-state index contributed by atoms with van der Waals surface area (Å²) in [5.41, 5.74) is 1.55. The predicted molar refractivity (Wildman–Crippen MR) is 99.9 cm³/mol. The van der Waals surface area contributed by atoms with Gasteiger partial charge < -0.3 is 5.32 Å². The van der Waals surface area contributed by atoms with Crippen LogP contribution in [-0.2, 0) is 6.54 Å². The molecule has 0 unspecified atom stereocenters. The molecule has 0 radical (unpaired) electrons. The quantitative estimate of drug-likeness (QED) is 0.639. The molecule has 0 aromatic heterocycles. The molecule has 0 aliphatic carbocycles. The fraction of sp³-hybridized carbons (Fsp3) is 0.350. The van der Waals surface area contributed by atoms with E-state index in [-0.39, 0.29) is 17.6 Å². The molecule has 1 aliphatic rings. The Labute approximate surface area is 153 Å². The van der Waals surface area contributed by atoms with E-state index in [2.05, 4.69) is 22.3 Å². The van der Waals surface area contributed by atoms with Gasteiger partial charge in [0, 0.05) is 36.8 Å². The molecule has 6 heteroatoms. The maximum Gasteiger partial charge on any atom is 0.270 e. The van der Waals surface area contributed by atoms with Crippen LogP contribution in [0.15, 0.2) is 54.6 Å². The largest absolute Gasteiger partial charge is 0.349 e. The lowest BCUT2D eigenvalue weighted by molar-refractivity contribution is -0.384. The second-order valence-corrected chi connectivity index (χ2v) is 6.84. The number of likely N-dealkylation sites (tertiary alicyclic amines) is 1. The lowest BCUT2D eigenvalue weighted by Gasteiger charge is -2.22. The molecule has 136 valence electrons. The average Bonchev–Trinajstić information content (AvgIpc) is 3.11. The van der Waals surface area contributed by atoms with Crippen molar-refractivity contribution < 1.29 is 9.72 Å². The number of amides is 1. The van der Waals surface area contributed by atoms with E-state index in [9.17, 15) is 14.9 Å². The molecule has 1 saturated heterocycles. The van der Waals surface area contributed by atoms with Crippen LogP contribution in [-0.4, -0.2) is 34.9 Å². The molecular weight excluding hydrogens is 330 g/mol. The van der Waals surface area contributed by atoms with Crippen LogP contribution in [0.1, 0.15) is 29.3 Å². The predicted octanol–water partition coefficient (Wildman–Crippen LogP) is 3.24. The molecule has 26 heavy (non-hydrogen) atoms. The Kier molecular flexibility index (Phi) is 5.63. The highest BCUT2D eigenvalue weighted by molar-refractivity contribution is 5.95. The van der Waals surface area contributed by atoms with E-state index in [0.29, 0.717) is 11.5 Å². The minimum absolute atomic E-state index is 0.0162. The van der Waals surface area contributed by atoms with Crippen LogP contribution >= 0.6 is 0 Å². The number of nitro benzene ring substituents is 1. The Morgan fingerprint density at radius 3 is 2.77 bits per heavy atom. The summed E-state index contributed by atoms with van der Waals surface area (Å²) in [5, 5.41) is 13.9. The minimum atomic E-state index is -0.487. The number of hydrogen-bond donors (Lipinski definition) is 1. The summed E-state index contributed by atoms with van der Waals surface area (Å²) in [6, 6.07) is 16.2. The second-order valence-electron chi connectivity index (χ2n) is 6.84. The number of nitrogens with zero attached hydrogens (tertiary/aromatic N) is 2. The fourth-order valence-electron chi connectivity index (χ4n) is 3.42. The van der Waals surface area contributed by atoms with E-state index in [0.717, 1.165) is 26.1 Å². The van der Waals surface area contributed by atoms with Crippen molar-refractivity contribution in [1.29, 1.82) is 0 Å². The van der Waals surface area contributed by atoms with Gasteiger partial charge in [0.05, 0.1) is 4.92 Å². The summed E-state index contributed by atoms with van der Waals surface area (Å²) in [6.45, 7) is 4.87. The molecule has 1 fully saturated rings. The van der Waals surface area contributed by atoms with Gasteiger partial charge in [0.2, 0.25) is 0 Å². The van der Waals surface area contributed by atoms with Crippen LogP contribution in [0.4, 0.5) is 5.69 Å². The SMILES string of the molecule is C[C@@H](NC(=O)c1cccc([N+](=O)[O-])c1)[C@H]1CCN(Cc2ccccc2)C1. The highest BCUT2D eigenvalue weighted by Crippen LogP contribution is 2.22. The normalized spacial score (nSPS) is 18.4. The smallest absolute Gasteiger partial charge is 0.270 e. The summed E-state index contributed by atoms with van der Waals surface area (Å²) in [5.74, 6) is 0.115. The highest BCUT2D eigenvalue weighted by atomic mass is 16.6. The zero-order chi connectivity index (χ0) is 18.5. The Bertz CT molecular complexity index is 779. The molecule has 1 heterocycles. The van der Waals surface area contributed by atoms with Gasteiger partial charge in [-0.3, -0.25) is 19.8 Å². The van der Waals surface area contributed by atoms with Gasteiger partial charge in [-0.05, 0) is 37.4 Å². The summed E-state index contributed by atoms with van der Waals surface area (Å²) in [4.78, 5) is 25.2. The molecule has 3 rings (SSSR count). The number of nitrogens with one attached hydrogen (secondary N) is 1. The van der Waals surface area contributed by atoms with E-state index < -0.39 is 4.92 Å². The lowest BCUT2D eigenvalue weighted by atomic mass is 10.00. The van der Waals surface area contributed by atoms with E-state index in [1.54, 1.807) is 6.07 Å². The topological polar surface area (TPSA) is 75.5 Å². The minimum Gasteiger partial charge on any atom is -0.349 e. The first-order chi connectivity index (χ1) is 12.5. The van der Waals surface area contributed by atoms with Crippen LogP contribution in [0.3, 0.4) is 0 Å². The van der Waals surface area contributed by atoms with Crippen molar-refractivity contribution in [3.8, 4) is 0 Å². The summed E-state index contributed by atoms with van der Waals surface area (Å²) >= 11 is 0. The van der Waals surface area contributed by atoms with Crippen LogP contribution < -0.4 is 5.32 Å². The first-order valence-corrected chi connectivity index (χ1v) is 8.84. The third-order valence-corrected chi connectivity index (χ3v) is 4.94. The van der Waals surface area contributed by atoms with E-state index in [1.165, 1.54) is 23.8 Å². The monoisotopic (exact) mass is 353 g/mol. The summed E-state index contributed by atoms with van der Waals surface area (Å²) in [6.07, 6.45) is 1.03. The van der Waals surface area contributed by atoms with E-state index >= 15 is 0 Å². The number of non-ortho nitro benzene ring substituents is 1. The zero-order valence-electron chi connectivity index (χ0n) is 14.8. The number of rotatable bonds is 6. The van der Waals surface area contributed by atoms with Gasteiger partial charge in [0.15, 0.2) is 0 Å². The van der Waals surface area contributed by atoms with Gasteiger partial charge in [-0.25, -0.2) is 0 Å². The van der Waals surface area contributed by atoms with Crippen molar-refractivity contribution in [2.45, 2.75) is 25.9 Å². The molecule has 2 aromatic carbocycles. The second kappa shape index (κ2) is 8.10. The fourth-order valence-corrected chi connectivity index (χ4v) is 3.42. The van der Waals surface area contributed by atoms with Gasteiger partial charge in [-0.2, -0.15) is 0 Å². The number of benzene rings is 2. The average molecular weight is 353 g/mol. The maximum atomic E-state index is 12.4. The molecule has 1 amide bonds. The van der Waals surface area contributed by atoms with E-state index in [1.807, 2.05) is 25.1 Å². The highest BCUT2D eigenvalue weighted by Gasteiger charge is 2.28. The Balaban J connectivity index is 1.55. The number of carbonyl (C=O) groups is 1.